The number of rotatable bonds is 4. The maximum atomic E-state index is 13.3. The van der Waals surface area contributed by atoms with Gasteiger partial charge in [0.25, 0.3) is 5.91 Å². The summed E-state index contributed by atoms with van der Waals surface area (Å²) in [5, 5.41) is 0. The molecule has 1 unspecified atom stereocenters. The molecule has 2 amide bonds. The van der Waals surface area contributed by atoms with Gasteiger partial charge >= 0.3 is 0 Å². The first-order valence-corrected chi connectivity index (χ1v) is 9.30. The second kappa shape index (κ2) is 8.42. The maximum Gasteiger partial charge on any atom is 0.257 e. The van der Waals surface area contributed by atoms with Crippen LogP contribution in [0.4, 0.5) is 16.0 Å². The number of carbonyl (C=O) groups is 2. The topological polar surface area (TPSA) is 72.9 Å². The van der Waals surface area contributed by atoms with Gasteiger partial charge in [-0.05, 0) is 24.3 Å². The Morgan fingerprint density at radius 3 is 2.21 bits per heavy atom. The first kappa shape index (κ1) is 20.5. The van der Waals surface area contributed by atoms with E-state index in [-0.39, 0.29) is 17.6 Å². The smallest absolute Gasteiger partial charge is 0.257 e. The van der Waals surface area contributed by atoms with E-state index in [2.05, 4.69) is 9.97 Å². The van der Waals surface area contributed by atoms with Crippen LogP contribution in [0.3, 0.4) is 0 Å². The van der Waals surface area contributed by atoms with Gasteiger partial charge in [-0.1, -0.05) is 0 Å². The van der Waals surface area contributed by atoms with Crippen molar-refractivity contribution in [3.8, 4) is 0 Å². The van der Waals surface area contributed by atoms with Crippen LogP contribution < -0.4 is 9.80 Å². The normalized spacial score (nSPS) is 16.5. The van der Waals surface area contributed by atoms with Crippen LogP contribution in [0.2, 0.25) is 0 Å². The predicted molar refractivity (Wildman–Crippen MR) is 108 cm³/mol. The Kier molecular flexibility index (Phi) is 5.95. The molecule has 29 heavy (non-hydrogen) atoms. The molecule has 1 aliphatic rings. The number of carbonyl (C=O) groups excluding carboxylic acids is 2. The summed E-state index contributed by atoms with van der Waals surface area (Å²) in [6.07, 6.45) is 2.96. The molecule has 1 aromatic carbocycles. The van der Waals surface area contributed by atoms with Crippen LogP contribution in [0.25, 0.3) is 0 Å². The zero-order valence-electron chi connectivity index (χ0n) is 17.0. The Bertz CT molecular complexity index is 870. The fourth-order valence-corrected chi connectivity index (χ4v) is 3.25. The second-order valence-corrected chi connectivity index (χ2v) is 7.34. The Morgan fingerprint density at radius 1 is 1.03 bits per heavy atom. The minimum Gasteiger partial charge on any atom is -0.367 e. The maximum absolute atomic E-state index is 13.3. The lowest BCUT2D eigenvalue weighted by Gasteiger charge is -2.42. The van der Waals surface area contributed by atoms with Crippen LogP contribution in [-0.2, 0) is 4.79 Å². The van der Waals surface area contributed by atoms with Gasteiger partial charge in [0.2, 0.25) is 11.9 Å². The van der Waals surface area contributed by atoms with Gasteiger partial charge in [0.05, 0.1) is 5.56 Å². The van der Waals surface area contributed by atoms with Gasteiger partial charge in [0.1, 0.15) is 11.9 Å². The number of nitrogens with zero attached hydrogens (tertiary/aromatic N) is 6. The molecule has 0 aliphatic carbocycles. The number of amides is 2. The number of aromatic nitrogens is 2. The quantitative estimate of drug-likeness (QED) is 0.765. The van der Waals surface area contributed by atoms with Gasteiger partial charge in [-0.2, -0.15) is 0 Å². The van der Waals surface area contributed by atoms with Gasteiger partial charge in [0.15, 0.2) is 0 Å². The molecule has 2 heterocycles. The largest absolute Gasteiger partial charge is 0.367 e. The van der Waals surface area contributed by atoms with Crippen LogP contribution in [0.5, 0.6) is 0 Å². The zero-order valence-corrected chi connectivity index (χ0v) is 17.0. The molecule has 1 aliphatic heterocycles. The van der Waals surface area contributed by atoms with Crippen LogP contribution in [0, 0.1) is 5.82 Å². The summed E-state index contributed by atoms with van der Waals surface area (Å²) < 4.78 is 13.3. The van der Waals surface area contributed by atoms with E-state index >= 15 is 0 Å². The summed E-state index contributed by atoms with van der Waals surface area (Å²) in [6.45, 7) is 1.21. The number of benzene rings is 1. The highest BCUT2D eigenvalue weighted by molar-refractivity contribution is 5.97. The van der Waals surface area contributed by atoms with Crippen LogP contribution in [-0.4, -0.2) is 85.4 Å². The van der Waals surface area contributed by atoms with E-state index in [1.807, 2.05) is 19.0 Å². The zero-order chi connectivity index (χ0) is 21.1. The van der Waals surface area contributed by atoms with Crippen LogP contribution in [0.1, 0.15) is 10.4 Å². The van der Waals surface area contributed by atoms with Crippen molar-refractivity contribution in [2.24, 2.45) is 0 Å². The van der Waals surface area contributed by atoms with E-state index in [0.29, 0.717) is 31.1 Å². The van der Waals surface area contributed by atoms with E-state index in [0.717, 1.165) is 5.69 Å². The Morgan fingerprint density at radius 2 is 1.66 bits per heavy atom. The minimum atomic E-state index is -0.662. The third-order valence-electron chi connectivity index (χ3n) is 4.84. The van der Waals surface area contributed by atoms with E-state index in [9.17, 15) is 14.0 Å². The first-order valence-electron chi connectivity index (χ1n) is 9.30. The van der Waals surface area contributed by atoms with E-state index in [1.165, 1.54) is 29.4 Å². The molecule has 2 aromatic rings. The number of hydrogen-bond donors (Lipinski definition) is 0. The van der Waals surface area contributed by atoms with Crippen molar-refractivity contribution >= 4 is 23.5 Å². The van der Waals surface area contributed by atoms with Crippen LogP contribution in [0.15, 0.2) is 36.7 Å². The molecule has 1 fully saturated rings. The molecule has 1 aromatic heterocycles. The molecule has 1 atom stereocenters. The summed E-state index contributed by atoms with van der Waals surface area (Å²) in [5.74, 6) is -0.265. The van der Waals surface area contributed by atoms with E-state index < -0.39 is 6.04 Å². The summed E-state index contributed by atoms with van der Waals surface area (Å²) in [5.41, 5.74) is 1.15. The minimum absolute atomic E-state index is 0.170. The first-order chi connectivity index (χ1) is 13.8. The molecule has 0 bridgehead atoms. The molecule has 0 N–H and O–H groups in total. The number of halogens is 1. The van der Waals surface area contributed by atoms with Gasteiger partial charge in [-0.25, -0.2) is 14.4 Å². The lowest BCUT2D eigenvalue weighted by atomic mass is 10.1. The fourth-order valence-electron chi connectivity index (χ4n) is 3.25. The summed E-state index contributed by atoms with van der Waals surface area (Å²) in [4.78, 5) is 41.1. The van der Waals surface area contributed by atoms with Crippen molar-refractivity contribution in [1.29, 1.82) is 0 Å². The molecular formula is C20H25FN6O2. The van der Waals surface area contributed by atoms with Crippen molar-refractivity contribution in [1.82, 2.24) is 19.8 Å². The lowest BCUT2D eigenvalue weighted by Crippen LogP contribution is -2.60. The van der Waals surface area contributed by atoms with Crippen molar-refractivity contribution < 1.29 is 14.0 Å². The van der Waals surface area contributed by atoms with Crippen molar-refractivity contribution in [2.75, 3.05) is 57.6 Å². The molecule has 0 spiro atoms. The predicted octanol–water partition coefficient (Wildman–Crippen LogP) is 1.10. The highest BCUT2D eigenvalue weighted by atomic mass is 19.1. The Hall–Kier alpha value is -3.23. The summed E-state index contributed by atoms with van der Waals surface area (Å²) in [7, 11) is 6.96. The molecule has 3 rings (SSSR count). The number of anilines is 2. The van der Waals surface area contributed by atoms with Crippen molar-refractivity contribution in [3.05, 3.63) is 48.0 Å². The van der Waals surface area contributed by atoms with E-state index in [4.69, 9.17) is 0 Å². The molecule has 0 radical (unpaired) electrons. The number of likely N-dealkylation sites (N-methyl/N-ethyl adjacent to an activating group) is 1. The molecular weight excluding hydrogens is 375 g/mol. The Labute approximate surface area is 169 Å². The second-order valence-electron chi connectivity index (χ2n) is 7.34. The third-order valence-corrected chi connectivity index (χ3v) is 4.84. The molecule has 0 saturated carbocycles. The molecule has 154 valence electrons. The van der Waals surface area contributed by atoms with E-state index in [1.54, 1.807) is 36.0 Å². The van der Waals surface area contributed by atoms with Crippen molar-refractivity contribution in [3.63, 3.8) is 0 Å². The monoisotopic (exact) mass is 400 g/mol. The number of hydrogen-bond acceptors (Lipinski definition) is 6. The van der Waals surface area contributed by atoms with Crippen molar-refractivity contribution in [2.45, 2.75) is 6.04 Å². The molecule has 1 saturated heterocycles. The fraction of sp³-hybridized carbons (Fsp3) is 0.400. The van der Waals surface area contributed by atoms with Crippen LogP contribution >= 0.6 is 0 Å². The van der Waals surface area contributed by atoms with Gasteiger partial charge in [-0.3, -0.25) is 9.59 Å². The SMILES string of the molecule is CN(C)C(=O)C1CN(c2ccc(F)cc2)CCN1C(=O)c1cnc(N(C)C)nc1. The average Bonchev–Trinajstić information content (AvgIpc) is 2.72. The third kappa shape index (κ3) is 4.44. The standard InChI is InChI=1S/C20H25FN6O2/c1-24(2)19(29)17-13-26(16-7-5-15(21)6-8-16)9-10-27(17)18(28)14-11-22-20(23-12-14)25(3)4/h5-8,11-12,17H,9-10,13H2,1-4H3. The summed E-state index contributed by atoms with van der Waals surface area (Å²) in [6, 6.07) is 5.47. The average molecular weight is 400 g/mol. The lowest BCUT2D eigenvalue weighted by molar-refractivity contribution is -0.133. The summed E-state index contributed by atoms with van der Waals surface area (Å²) >= 11 is 0. The highest BCUT2D eigenvalue weighted by Crippen LogP contribution is 2.22. The van der Waals surface area contributed by atoms with Gasteiger partial charge in [-0.15, -0.1) is 0 Å². The number of piperazine rings is 1. The Balaban J connectivity index is 1.84. The molecule has 8 nitrogen and oxygen atoms in total. The highest BCUT2D eigenvalue weighted by Gasteiger charge is 2.37. The molecule has 9 heteroatoms. The van der Waals surface area contributed by atoms with Gasteiger partial charge in [0, 0.05) is 65.9 Å². The van der Waals surface area contributed by atoms with Gasteiger partial charge < -0.3 is 19.6 Å².